The van der Waals surface area contributed by atoms with Crippen LogP contribution in [0.1, 0.15) is 5.56 Å². The van der Waals surface area contributed by atoms with Crippen molar-refractivity contribution >= 4 is 44.7 Å². The van der Waals surface area contributed by atoms with Gasteiger partial charge in [0.25, 0.3) is 10.0 Å². The van der Waals surface area contributed by atoms with Gasteiger partial charge in [-0.2, -0.15) is 4.98 Å². The molecule has 0 bridgehead atoms. The van der Waals surface area contributed by atoms with Crippen molar-refractivity contribution < 1.29 is 8.42 Å². The van der Waals surface area contributed by atoms with Crippen molar-refractivity contribution in [1.82, 2.24) is 9.97 Å². The molecule has 0 saturated heterocycles. The van der Waals surface area contributed by atoms with Crippen molar-refractivity contribution in [1.29, 1.82) is 0 Å². The summed E-state index contributed by atoms with van der Waals surface area (Å²) in [5, 5.41) is 0.168. The highest BCUT2D eigenvalue weighted by molar-refractivity contribution is 7.92. The van der Waals surface area contributed by atoms with Gasteiger partial charge in [-0.05, 0) is 42.3 Å². The smallest absolute Gasteiger partial charge is 0.263 e. The van der Waals surface area contributed by atoms with E-state index in [1.807, 2.05) is 0 Å². The van der Waals surface area contributed by atoms with Gasteiger partial charge in [-0.1, -0.05) is 11.6 Å². The summed E-state index contributed by atoms with van der Waals surface area (Å²) in [5.41, 5.74) is 6.41. The molecule has 0 radical (unpaired) electrons. The quantitative estimate of drug-likeness (QED) is 0.664. The van der Waals surface area contributed by atoms with E-state index >= 15 is 0 Å². The first-order valence-electron chi connectivity index (χ1n) is 5.36. The number of sulfonamides is 1. The van der Waals surface area contributed by atoms with Crippen LogP contribution in [0.5, 0.6) is 0 Å². The fourth-order valence-electron chi connectivity index (χ4n) is 1.54. The molecule has 0 fully saturated rings. The molecule has 9 heteroatoms. The highest BCUT2D eigenvalue weighted by atomic mass is 35.5. The number of benzene rings is 1. The second kappa shape index (κ2) is 5.43. The van der Waals surface area contributed by atoms with Crippen LogP contribution in [-0.4, -0.2) is 18.4 Å². The molecule has 2 aromatic rings. The molecule has 0 aliphatic carbocycles. The Hall–Kier alpha value is -1.57. The van der Waals surface area contributed by atoms with E-state index in [4.69, 9.17) is 28.9 Å². The first-order valence-corrected chi connectivity index (χ1v) is 7.60. The first-order chi connectivity index (χ1) is 9.29. The highest BCUT2D eigenvalue weighted by Crippen LogP contribution is 2.27. The number of anilines is 2. The Morgan fingerprint density at radius 2 is 2.00 bits per heavy atom. The van der Waals surface area contributed by atoms with Crippen LogP contribution in [0.2, 0.25) is 10.3 Å². The third-order valence-electron chi connectivity index (χ3n) is 2.52. The number of aromatic nitrogens is 2. The number of hydrogen-bond donors (Lipinski definition) is 2. The summed E-state index contributed by atoms with van der Waals surface area (Å²) >= 11 is 11.4. The van der Waals surface area contributed by atoms with Gasteiger partial charge in [0, 0.05) is 16.9 Å². The molecular weight excluding hydrogens is 323 g/mol. The average Bonchev–Trinajstić information content (AvgIpc) is 2.33. The molecule has 6 nitrogen and oxygen atoms in total. The number of hydrogen-bond acceptors (Lipinski definition) is 5. The minimum atomic E-state index is -3.87. The third kappa shape index (κ3) is 3.12. The average molecular weight is 333 g/mol. The molecule has 0 aliphatic rings. The highest BCUT2D eigenvalue weighted by Gasteiger charge is 2.20. The summed E-state index contributed by atoms with van der Waals surface area (Å²) in [4.78, 5) is 7.41. The summed E-state index contributed by atoms with van der Waals surface area (Å²) < 4.78 is 26.9. The van der Waals surface area contributed by atoms with Crippen molar-refractivity contribution in [2.24, 2.45) is 0 Å². The molecule has 0 aliphatic heterocycles. The lowest BCUT2D eigenvalue weighted by Crippen LogP contribution is -2.16. The molecule has 106 valence electrons. The van der Waals surface area contributed by atoms with Crippen LogP contribution < -0.4 is 10.5 Å². The van der Waals surface area contributed by atoms with Crippen molar-refractivity contribution in [2.45, 2.75) is 11.8 Å². The summed E-state index contributed by atoms with van der Waals surface area (Å²) in [6.07, 6.45) is 1.34. The molecule has 0 amide bonds. The number of halogens is 2. The van der Waals surface area contributed by atoms with Gasteiger partial charge >= 0.3 is 0 Å². The molecule has 0 saturated carbocycles. The van der Waals surface area contributed by atoms with E-state index in [1.54, 1.807) is 6.92 Å². The summed E-state index contributed by atoms with van der Waals surface area (Å²) in [6, 6.07) is 4.18. The number of nitrogen functional groups attached to an aromatic ring is 1. The van der Waals surface area contributed by atoms with Crippen LogP contribution in [0, 0.1) is 6.92 Å². The topological polar surface area (TPSA) is 98.0 Å². The van der Waals surface area contributed by atoms with Crippen molar-refractivity contribution in [2.75, 3.05) is 10.5 Å². The van der Waals surface area contributed by atoms with Gasteiger partial charge in [-0.3, -0.25) is 4.72 Å². The zero-order valence-corrected chi connectivity index (χ0v) is 12.6. The third-order valence-corrected chi connectivity index (χ3v) is 4.40. The SMILES string of the molecule is Cc1c(N)cc(Cl)cc1S(=O)(=O)Nc1ccnc(Cl)n1. The number of nitrogens with two attached hydrogens (primary N) is 1. The largest absolute Gasteiger partial charge is 0.398 e. The van der Waals surface area contributed by atoms with E-state index in [0.29, 0.717) is 11.3 Å². The predicted molar refractivity (Wildman–Crippen MR) is 78.5 cm³/mol. The van der Waals surface area contributed by atoms with Gasteiger partial charge in [0.05, 0.1) is 4.90 Å². The van der Waals surface area contributed by atoms with E-state index in [1.165, 1.54) is 24.4 Å². The monoisotopic (exact) mass is 332 g/mol. The predicted octanol–water partition coefficient (Wildman–Crippen LogP) is 2.47. The molecule has 3 N–H and O–H groups in total. The van der Waals surface area contributed by atoms with Gasteiger partial charge in [-0.25, -0.2) is 13.4 Å². The van der Waals surface area contributed by atoms with E-state index in [0.717, 1.165) is 0 Å². The second-order valence-electron chi connectivity index (χ2n) is 3.93. The van der Waals surface area contributed by atoms with E-state index < -0.39 is 10.0 Å². The van der Waals surface area contributed by atoms with Crippen LogP contribution in [-0.2, 0) is 10.0 Å². The lowest BCUT2D eigenvalue weighted by atomic mass is 10.2. The molecule has 1 aromatic heterocycles. The van der Waals surface area contributed by atoms with Crippen LogP contribution in [0.3, 0.4) is 0 Å². The molecule has 20 heavy (non-hydrogen) atoms. The zero-order valence-electron chi connectivity index (χ0n) is 10.3. The van der Waals surface area contributed by atoms with Gasteiger partial charge in [-0.15, -0.1) is 0 Å². The maximum absolute atomic E-state index is 12.3. The van der Waals surface area contributed by atoms with E-state index in [-0.39, 0.29) is 21.0 Å². The maximum Gasteiger partial charge on any atom is 0.263 e. The Morgan fingerprint density at radius 1 is 1.30 bits per heavy atom. The van der Waals surface area contributed by atoms with Crippen molar-refractivity contribution in [3.05, 3.63) is 40.3 Å². The number of nitrogens with one attached hydrogen (secondary N) is 1. The van der Waals surface area contributed by atoms with Crippen LogP contribution in [0.25, 0.3) is 0 Å². The molecule has 0 spiro atoms. The number of rotatable bonds is 3. The molecule has 2 rings (SSSR count). The van der Waals surface area contributed by atoms with Gasteiger partial charge in [0.15, 0.2) is 0 Å². The summed E-state index contributed by atoms with van der Waals surface area (Å²) in [6.45, 7) is 1.59. The van der Waals surface area contributed by atoms with Crippen LogP contribution >= 0.6 is 23.2 Å². The first kappa shape index (κ1) is 14.8. The number of nitrogens with zero attached hydrogens (tertiary/aromatic N) is 2. The Morgan fingerprint density at radius 3 is 2.65 bits per heavy atom. The van der Waals surface area contributed by atoms with Gasteiger partial charge in [0.2, 0.25) is 5.28 Å². The van der Waals surface area contributed by atoms with Crippen molar-refractivity contribution in [3.8, 4) is 0 Å². The lowest BCUT2D eigenvalue weighted by molar-refractivity contribution is 0.600. The Labute approximate surface area is 126 Å². The molecule has 0 atom stereocenters. The summed E-state index contributed by atoms with van der Waals surface area (Å²) in [7, 11) is -3.87. The van der Waals surface area contributed by atoms with Crippen LogP contribution in [0.15, 0.2) is 29.3 Å². The normalized spacial score (nSPS) is 11.3. The Balaban J connectivity index is 2.46. The molecule has 0 unspecified atom stereocenters. The molecular formula is C11H10Cl2N4O2S. The minimum absolute atomic E-state index is 0.0164. The van der Waals surface area contributed by atoms with Crippen LogP contribution in [0.4, 0.5) is 11.5 Å². The molecule has 1 heterocycles. The zero-order chi connectivity index (χ0) is 14.9. The fraction of sp³-hybridized carbons (Fsp3) is 0.0909. The lowest BCUT2D eigenvalue weighted by Gasteiger charge is -2.11. The standard InChI is InChI=1S/C11H10Cl2N4O2S/c1-6-8(14)4-7(12)5-9(6)20(18,19)17-10-2-3-15-11(13)16-10/h2-5H,14H2,1H3,(H,15,16,17). The van der Waals surface area contributed by atoms with Gasteiger partial charge in [0.1, 0.15) is 5.82 Å². The van der Waals surface area contributed by atoms with Gasteiger partial charge < -0.3 is 5.73 Å². The minimum Gasteiger partial charge on any atom is -0.398 e. The maximum atomic E-state index is 12.3. The van der Waals surface area contributed by atoms with E-state index in [2.05, 4.69) is 14.7 Å². The van der Waals surface area contributed by atoms with E-state index in [9.17, 15) is 8.42 Å². The fourth-order valence-corrected chi connectivity index (χ4v) is 3.28. The molecule has 1 aromatic carbocycles. The Kier molecular flexibility index (Phi) is 4.03. The van der Waals surface area contributed by atoms with Crippen molar-refractivity contribution in [3.63, 3.8) is 0 Å². The Bertz CT molecular complexity index is 765. The second-order valence-corrected chi connectivity index (χ2v) is 6.36. The summed E-state index contributed by atoms with van der Waals surface area (Å²) in [5.74, 6) is 0.0583.